The van der Waals surface area contributed by atoms with E-state index in [1.807, 2.05) is 0 Å². The van der Waals surface area contributed by atoms with Crippen molar-refractivity contribution in [2.75, 3.05) is 14.2 Å². The van der Waals surface area contributed by atoms with Gasteiger partial charge >= 0.3 is 5.69 Å². The van der Waals surface area contributed by atoms with Gasteiger partial charge in [-0.25, -0.2) is 8.42 Å². The van der Waals surface area contributed by atoms with Gasteiger partial charge in [0.05, 0.1) is 12.0 Å². The largest absolute Gasteiger partial charge is 0.307 e. The molecule has 7 nitrogen and oxygen atoms in total. The summed E-state index contributed by atoms with van der Waals surface area (Å²) in [4.78, 5) is 14.0. The maximum atomic E-state index is 11.9. The van der Waals surface area contributed by atoms with Crippen LogP contribution in [0, 0.1) is 10.1 Å². The number of halogens is 2. The lowest BCUT2D eigenvalue weighted by Crippen LogP contribution is -2.26. The van der Waals surface area contributed by atoms with Gasteiger partial charge in [0.25, 0.3) is 10.0 Å². The molecule has 0 amide bonds. The molecule has 0 aliphatic heterocycles. The summed E-state index contributed by atoms with van der Waals surface area (Å²) >= 11 is 11.3. The van der Waals surface area contributed by atoms with Gasteiger partial charge < -0.3 is 0 Å². The van der Waals surface area contributed by atoms with E-state index in [2.05, 4.69) is 4.84 Å². The Morgan fingerprint density at radius 1 is 1.39 bits per heavy atom. The molecule has 0 saturated carbocycles. The summed E-state index contributed by atoms with van der Waals surface area (Å²) in [5.74, 6) is 0. The third-order valence-corrected chi connectivity index (χ3v) is 4.61. The fourth-order valence-corrected chi connectivity index (χ4v) is 2.96. The Balaban J connectivity index is 3.55. The van der Waals surface area contributed by atoms with Crippen LogP contribution in [0.5, 0.6) is 0 Å². The second kappa shape index (κ2) is 5.37. The van der Waals surface area contributed by atoms with Gasteiger partial charge in [0.1, 0.15) is 14.9 Å². The Morgan fingerprint density at radius 2 is 1.94 bits per heavy atom. The van der Waals surface area contributed by atoms with Crippen molar-refractivity contribution in [3.63, 3.8) is 0 Å². The minimum absolute atomic E-state index is 0.246. The zero-order valence-electron chi connectivity index (χ0n) is 9.25. The summed E-state index contributed by atoms with van der Waals surface area (Å²) in [6.07, 6.45) is 0. The highest BCUT2D eigenvalue weighted by atomic mass is 35.5. The lowest BCUT2D eigenvalue weighted by atomic mass is 10.3. The Labute approximate surface area is 113 Å². The van der Waals surface area contributed by atoms with Crippen LogP contribution < -0.4 is 0 Å². The van der Waals surface area contributed by atoms with Crippen LogP contribution in [-0.2, 0) is 14.9 Å². The summed E-state index contributed by atoms with van der Waals surface area (Å²) in [6, 6.07) is 2.16. The summed E-state index contributed by atoms with van der Waals surface area (Å²) in [5, 5.41) is 9.95. The number of hydrogen-bond acceptors (Lipinski definition) is 5. The van der Waals surface area contributed by atoms with Gasteiger partial charge in [-0.2, -0.15) is 0 Å². The van der Waals surface area contributed by atoms with Gasteiger partial charge in [-0.05, 0) is 12.1 Å². The number of hydrogen-bond donors (Lipinski definition) is 0. The molecule has 0 aliphatic rings. The minimum Gasteiger partial charge on any atom is -0.288 e. The summed E-state index contributed by atoms with van der Waals surface area (Å²) in [7, 11) is -1.81. The highest BCUT2D eigenvalue weighted by Crippen LogP contribution is 2.37. The Morgan fingerprint density at radius 3 is 2.39 bits per heavy atom. The second-order valence-corrected chi connectivity index (χ2v) is 5.75. The minimum atomic E-state index is -4.08. The maximum absolute atomic E-state index is 11.9. The molecule has 0 unspecified atom stereocenters. The average Bonchev–Trinajstić information content (AvgIpc) is 2.26. The van der Waals surface area contributed by atoms with Gasteiger partial charge in [-0.3, -0.25) is 15.0 Å². The number of hydroxylamine groups is 1. The number of nitro groups is 1. The molecule has 1 aromatic carbocycles. The van der Waals surface area contributed by atoms with E-state index in [0.29, 0.717) is 4.47 Å². The molecule has 0 saturated heterocycles. The van der Waals surface area contributed by atoms with Gasteiger partial charge in [-0.1, -0.05) is 27.7 Å². The normalized spacial score (nSPS) is 11.8. The van der Waals surface area contributed by atoms with E-state index in [-0.39, 0.29) is 5.02 Å². The standard InChI is InChI=1S/C8H8Cl2N2O5S/c1-11(17-2)18(15,16)6-4-3-5(9)8(7(6)10)12(13)14/h3-4H,1-2H3. The van der Waals surface area contributed by atoms with E-state index in [1.54, 1.807) is 0 Å². The molecule has 1 aromatic rings. The van der Waals surface area contributed by atoms with E-state index in [9.17, 15) is 18.5 Å². The van der Waals surface area contributed by atoms with Crippen LogP contribution >= 0.6 is 23.2 Å². The number of nitrogens with zero attached hydrogens (tertiary/aromatic N) is 2. The number of rotatable bonds is 4. The lowest BCUT2D eigenvalue weighted by molar-refractivity contribution is -0.384. The van der Waals surface area contributed by atoms with Crippen LogP contribution in [0.4, 0.5) is 5.69 Å². The quantitative estimate of drug-likeness (QED) is 0.627. The van der Waals surface area contributed by atoms with E-state index < -0.39 is 30.6 Å². The smallest absolute Gasteiger partial charge is 0.288 e. The molecule has 0 N–H and O–H groups in total. The van der Waals surface area contributed by atoms with Crippen molar-refractivity contribution in [3.05, 3.63) is 32.3 Å². The number of benzene rings is 1. The predicted molar refractivity (Wildman–Crippen MR) is 65.1 cm³/mol. The van der Waals surface area contributed by atoms with Crippen LogP contribution in [0.2, 0.25) is 10.0 Å². The van der Waals surface area contributed by atoms with Gasteiger partial charge in [-0.15, -0.1) is 0 Å². The topological polar surface area (TPSA) is 89.8 Å². The monoisotopic (exact) mass is 314 g/mol. The van der Waals surface area contributed by atoms with E-state index in [1.165, 1.54) is 0 Å². The lowest BCUT2D eigenvalue weighted by Gasteiger charge is -2.15. The molecule has 0 aromatic heterocycles. The SMILES string of the molecule is CON(C)S(=O)(=O)c1ccc(Cl)c([N+](=O)[O-])c1Cl. The van der Waals surface area contributed by atoms with Crippen molar-refractivity contribution in [2.24, 2.45) is 0 Å². The summed E-state index contributed by atoms with van der Waals surface area (Å²) < 4.78 is 24.4. The van der Waals surface area contributed by atoms with Crippen molar-refractivity contribution >= 4 is 38.9 Å². The fourth-order valence-electron chi connectivity index (χ4n) is 1.13. The molecule has 0 heterocycles. The molecular formula is C8H8Cl2N2O5S. The van der Waals surface area contributed by atoms with E-state index in [4.69, 9.17) is 23.2 Å². The molecule has 100 valence electrons. The molecule has 0 bridgehead atoms. The third-order valence-electron chi connectivity index (χ3n) is 2.09. The summed E-state index contributed by atoms with van der Waals surface area (Å²) in [5.41, 5.74) is -0.663. The van der Waals surface area contributed by atoms with Crippen LogP contribution in [0.3, 0.4) is 0 Å². The first-order valence-corrected chi connectivity index (χ1v) is 6.58. The molecule has 0 atom stereocenters. The highest BCUT2D eigenvalue weighted by molar-refractivity contribution is 7.89. The van der Waals surface area contributed by atoms with Gasteiger partial charge in [0.2, 0.25) is 0 Å². The summed E-state index contributed by atoms with van der Waals surface area (Å²) in [6.45, 7) is 0. The molecular weight excluding hydrogens is 307 g/mol. The molecule has 10 heteroatoms. The van der Waals surface area contributed by atoms with E-state index >= 15 is 0 Å². The van der Waals surface area contributed by atoms with Crippen LogP contribution in [-0.4, -0.2) is 32.0 Å². The molecule has 0 fully saturated rings. The predicted octanol–water partition coefficient (Wildman–Crippen LogP) is 2.08. The second-order valence-electron chi connectivity index (χ2n) is 3.06. The molecule has 0 radical (unpaired) electrons. The molecule has 0 aliphatic carbocycles. The number of sulfonamides is 1. The highest BCUT2D eigenvalue weighted by Gasteiger charge is 2.30. The Hall–Kier alpha value is -0.930. The molecule has 18 heavy (non-hydrogen) atoms. The third kappa shape index (κ3) is 2.57. The molecule has 1 rings (SSSR count). The van der Waals surface area contributed by atoms with Crippen LogP contribution in [0.25, 0.3) is 0 Å². The van der Waals surface area contributed by atoms with Crippen molar-refractivity contribution in [1.82, 2.24) is 4.47 Å². The van der Waals surface area contributed by atoms with Crippen molar-refractivity contribution < 1.29 is 18.2 Å². The van der Waals surface area contributed by atoms with Gasteiger partial charge in [0, 0.05) is 7.05 Å². The average molecular weight is 315 g/mol. The zero-order valence-corrected chi connectivity index (χ0v) is 11.6. The van der Waals surface area contributed by atoms with Gasteiger partial charge in [0.15, 0.2) is 0 Å². The van der Waals surface area contributed by atoms with Crippen LogP contribution in [0.15, 0.2) is 17.0 Å². The van der Waals surface area contributed by atoms with E-state index in [0.717, 1.165) is 26.3 Å². The Bertz CT molecular complexity index is 589. The first-order chi connectivity index (χ1) is 8.23. The maximum Gasteiger partial charge on any atom is 0.307 e. The zero-order chi connectivity index (χ0) is 14.1. The van der Waals surface area contributed by atoms with Crippen molar-refractivity contribution in [2.45, 2.75) is 4.90 Å². The van der Waals surface area contributed by atoms with Crippen molar-refractivity contribution in [1.29, 1.82) is 0 Å². The first-order valence-electron chi connectivity index (χ1n) is 4.39. The fraction of sp³-hybridized carbons (Fsp3) is 0.250. The first kappa shape index (κ1) is 15.1. The van der Waals surface area contributed by atoms with Crippen molar-refractivity contribution in [3.8, 4) is 0 Å². The molecule has 0 spiro atoms. The number of nitro benzene ring substituents is 1. The Kier molecular flexibility index (Phi) is 4.51. The van der Waals surface area contributed by atoms with Crippen LogP contribution in [0.1, 0.15) is 0 Å².